The molecule has 3 aromatic rings. The lowest BCUT2D eigenvalue weighted by molar-refractivity contribution is -0.121. The number of rotatable bonds is 7. The van der Waals surface area contributed by atoms with Crippen LogP contribution in [0, 0.1) is 12.3 Å². The number of imidazole rings is 1. The number of nitrogens with one attached hydrogen (secondary N) is 2. The molecule has 0 unspecified atom stereocenters. The molecule has 1 saturated carbocycles. The molecule has 2 N–H and O–H groups in total. The van der Waals surface area contributed by atoms with E-state index in [-0.39, 0.29) is 11.8 Å². The van der Waals surface area contributed by atoms with E-state index < -0.39 is 5.41 Å². The minimum absolute atomic E-state index is 0.00959. The summed E-state index contributed by atoms with van der Waals surface area (Å²) >= 11 is 1.50. The Morgan fingerprint density at radius 2 is 2.14 bits per heavy atom. The normalized spacial score (nSPS) is 14.5. The molecule has 0 saturated heterocycles. The van der Waals surface area contributed by atoms with Crippen molar-refractivity contribution in [2.24, 2.45) is 5.41 Å². The fourth-order valence-electron chi connectivity index (χ4n) is 3.09. The van der Waals surface area contributed by atoms with E-state index in [0.29, 0.717) is 24.3 Å². The lowest BCUT2D eigenvalue weighted by Crippen LogP contribution is -2.28. The Kier molecular flexibility index (Phi) is 4.95. The summed E-state index contributed by atoms with van der Waals surface area (Å²) in [6.45, 7) is 2.92. The van der Waals surface area contributed by atoms with Crippen molar-refractivity contribution in [1.82, 2.24) is 19.9 Å². The molecule has 2 amide bonds. The first-order valence-corrected chi connectivity index (χ1v) is 9.98. The van der Waals surface area contributed by atoms with Crippen LogP contribution in [-0.4, -0.2) is 26.3 Å². The van der Waals surface area contributed by atoms with Gasteiger partial charge >= 0.3 is 0 Å². The highest BCUT2D eigenvalue weighted by molar-refractivity contribution is 7.09. The van der Waals surface area contributed by atoms with Crippen molar-refractivity contribution in [2.45, 2.75) is 32.9 Å². The topological polar surface area (TPSA) is 88.9 Å². The largest absolute Gasteiger partial charge is 0.346 e. The Bertz CT molecular complexity index is 978. The van der Waals surface area contributed by atoms with E-state index in [4.69, 9.17) is 0 Å². The van der Waals surface area contributed by atoms with Gasteiger partial charge < -0.3 is 15.2 Å². The number of aryl methyl sites for hydroxylation is 1. The molecule has 0 spiro atoms. The number of nitrogens with zero attached hydrogens (tertiary/aromatic N) is 3. The van der Waals surface area contributed by atoms with Crippen molar-refractivity contribution in [1.29, 1.82) is 0 Å². The number of thiazole rings is 1. The highest BCUT2D eigenvalue weighted by atomic mass is 32.1. The third-order valence-corrected chi connectivity index (χ3v) is 5.79. The number of anilines is 1. The van der Waals surface area contributed by atoms with Crippen molar-refractivity contribution < 1.29 is 9.59 Å². The summed E-state index contributed by atoms with van der Waals surface area (Å²) in [4.78, 5) is 33.5. The molecule has 2 heterocycles. The molecule has 0 radical (unpaired) electrons. The quantitative estimate of drug-likeness (QED) is 0.644. The number of carbonyl (C=O) groups is 2. The fourth-order valence-corrected chi connectivity index (χ4v) is 3.64. The third kappa shape index (κ3) is 3.96. The zero-order valence-electron chi connectivity index (χ0n) is 15.5. The van der Waals surface area contributed by atoms with Crippen LogP contribution >= 0.6 is 11.3 Å². The molecule has 1 aliphatic carbocycles. The van der Waals surface area contributed by atoms with E-state index in [9.17, 15) is 9.59 Å². The molecule has 1 aromatic carbocycles. The third-order valence-electron chi connectivity index (χ3n) is 5.01. The Balaban J connectivity index is 1.43. The minimum Gasteiger partial charge on any atom is -0.346 e. The van der Waals surface area contributed by atoms with E-state index in [1.165, 1.54) is 11.3 Å². The van der Waals surface area contributed by atoms with Crippen LogP contribution in [0.1, 0.15) is 33.8 Å². The minimum atomic E-state index is -0.393. The molecule has 0 bridgehead atoms. The van der Waals surface area contributed by atoms with E-state index in [2.05, 4.69) is 20.6 Å². The second-order valence-corrected chi connectivity index (χ2v) is 8.09. The second-order valence-electron chi connectivity index (χ2n) is 7.11. The summed E-state index contributed by atoms with van der Waals surface area (Å²) in [5.41, 5.74) is 1.71. The SMILES string of the molecule is Cc1ccc(C(=O)NCc2nccs2)cc1NC(=O)C1(Cn2ccnc2)CC1. The molecule has 8 heteroatoms. The first-order valence-electron chi connectivity index (χ1n) is 9.10. The summed E-state index contributed by atoms with van der Waals surface area (Å²) in [6.07, 6.45) is 8.72. The van der Waals surface area contributed by atoms with Crippen molar-refractivity contribution >= 4 is 28.8 Å². The summed E-state index contributed by atoms with van der Waals surface area (Å²) < 4.78 is 1.93. The molecular weight excluding hydrogens is 374 g/mol. The van der Waals surface area contributed by atoms with E-state index in [0.717, 1.165) is 23.4 Å². The maximum Gasteiger partial charge on any atom is 0.251 e. The van der Waals surface area contributed by atoms with Gasteiger partial charge in [-0.15, -0.1) is 11.3 Å². The molecular formula is C20H21N5O2S. The monoisotopic (exact) mass is 395 g/mol. The first kappa shape index (κ1) is 18.4. The van der Waals surface area contributed by atoms with Crippen molar-refractivity contribution in [2.75, 3.05) is 5.32 Å². The predicted octanol–water partition coefficient (Wildman–Crippen LogP) is 3.00. The zero-order valence-corrected chi connectivity index (χ0v) is 16.3. The molecule has 1 aliphatic rings. The predicted molar refractivity (Wildman–Crippen MR) is 107 cm³/mol. The standard InChI is InChI=1S/C20H21N5O2S/c1-14-2-3-15(18(26)23-11-17-22-7-9-28-17)10-16(14)24-19(27)20(4-5-20)12-25-8-6-21-13-25/h2-3,6-10,13H,4-5,11-12H2,1H3,(H,23,26)(H,24,27). The number of benzene rings is 1. The average molecular weight is 395 g/mol. The number of carbonyl (C=O) groups excluding carboxylic acids is 2. The van der Waals surface area contributed by atoms with Gasteiger partial charge in [-0.25, -0.2) is 9.97 Å². The van der Waals surface area contributed by atoms with E-state index in [1.807, 2.05) is 29.1 Å². The fraction of sp³-hybridized carbons (Fsp3) is 0.300. The van der Waals surface area contributed by atoms with Crippen molar-refractivity contribution in [3.63, 3.8) is 0 Å². The van der Waals surface area contributed by atoms with Gasteiger partial charge in [0, 0.05) is 41.8 Å². The maximum absolute atomic E-state index is 12.9. The first-order chi connectivity index (χ1) is 13.6. The van der Waals surface area contributed by atoms with Gasteiger partial charge in [-0.05, 0) is 37.5 Å². The van der Waals surface area contributed by atoms with Crippen LogP contribution in [0.2, 0.25) is 0 Å². The maximum atomic E-state index is 12.9. The molecule has 2 aromatic heterocycles. The molecule has 1 fully saturated rings. The van der Waals surface area contributed by atoms with Gasteiger partial charge in [0.05, 0.1) is 18.3 Å². The van der Waals surface area contributed by atoms with E-state index >= 15 is 0 Å². The van der Waals surface area contributed by atoms with Crippen LogP contribution in [0.25, 0.3) is 0 Å². The molecule has 7 nitrogen and oxygen atoms in total. The van der Waals surface area contributed by atoms with Crippen LogP contribution in [0.4, 0.5) is 5.69 Å². The highest BCUT2D eigenvalue weighted by Gasteiger charge is 2.50. The average Bonchev–Trinajstić information content (AvgIpc) is 3.08. The van der Waals surface area contributed by atoms with Gasteiger partial charge in [-0.2, -0.15) is 0 Å². The van der Waals surface area contributed by atoms with Crippen molar-refractivity contribution in [3.05, 3.63) is 64.6 Å². The molecule has 4 rings (SSSR count). The Morgan fingerprint density at radius 3 is 2.82 bits per heavy atom. The van der Waals surface area contributed by atoms with Gasteiger partial charge in [0.1, 0.15) is 5.01 Å². The summed E-state index contributed by atoms with van der Waals surface area (Å²) in [5.74, 6) is -0.199. The summed E-state index contributed by atoms with van der Waals surface area (Å²) in [6, 6.07) is 5.35. The Hall–Kier alpha value is -3.00. The van der Waals surface area contributed by atoms with Gasteiger partial charge in [0.15, 0.2) is 0 Å². The molecule has 0 aliphatic heterocycles. The lowest BCUT2D eigenvalue weighted by atomic mass is 10.0. The van der Waals surface area contributed by atoms with E-state index in [1.54, 1.807) is 30.9 Å². The highest BCUT2D eigenvalue weighted by Crippen LogP contribution is 2.48. The van der Waals surface area contributed by atoms with Crippen LogP contribution in [0.3, 0.4) is 0 Å². The Morgan fingerprint density at radius 1 is 1.29 bits per heavy atom. The number of amides is 2. The smallest absolute Gasteiger partial charge is 0.251 e. The van der Waals surface area contributed by atoms with Crippen molar-refractivity contribution in [3.8, 4) is 0 Å². The van der Waals surface area contributed by atoms with Crippen LogP contribution < -0.4 is 10.6 Å². The number of hydrogen-bond acceptors (Lipinski definition) is 5. The second kappa shape index (κ2) is 7.55. The zero-order chi connectivity index (χ0) is 19.6. The number of hydrogen-bond donors (Lipinski definition) is 2. The van der Waals surface area contributed by atoms with Gasteiger partial charge in [0.25, 0.3) is 5.91 Å². The van der Waals surface area contributed by atoms with Gasteiger partial charge in [0.2, 0.25) is 5.91 Å². The Labute approximate surface area is 166 Å². The lowest BCUT2D eigenvalue weighted by Gasteiger charge is -2.17. The molecule has 144 valence electrons. The van der Waals surface area contributed by atoms with Crippen LogP contribution in [0.15, 0.2) is 48.5 Å². The number of aromatic nitrogens is 3. The molecule has 28 heavy (non-hydrogen) atoms. The summed E-state index contributed by atoms with van der Waals surface area (Å²) in [5, 5.41) is 8.61. The van der Waals surface area contributed by atoms with Crippen LogP contribution in [0.5, 0.6) is 0 Å². The molecule has 0 atom stereocenters. The summed E-state index contributed by atoms with van der Waals surface area (Å²) in [7, 11) is 0. The van der Waals surface area contributed by atoms with Gasteiger partial charge in [-0.1, -0.05) is 6.07 Å². The van der Waals surface area contributed by atoms with Gasteiger partial charge in [-0.3, -0.25) is 9.59 Å². The van der Waals surface area contributed by atoms with Crippen LogP contribution in [-0.2, 0) is 17.9 Å².